The second-order valence-electron chi connectivity index (χ2n) is 8.97. The third-order valence-electron chi connectivity index (χ3n) is 5.83. The van der Waals surface area contributed by atoms with E-state index >= 15 is 0 Å². The molecule has 0 aliphatic carbocycles. The third kappa shape index (κ3) is 6.35. The van der Waals surface area contributed by atoms with Gasteiger partial charge in [-0.05, 0) is 44.2 Å². The second kappa shape index (κ2) is 11.5. The maximum atomic E-state index is 13.6. The first-order valence-electron chi connectivity index (χ1n) is 12.2. The molecule has 16 heteroatoms. The van der Waals surface area contributed by atoms with Crippen LogP contribution in [0.3, 0.4) is 0 Å². The number of carbonyl (C=O) groups is 1. The topological polar surface area (TPSA) is 137 Å². The monoisotopic (exact) mass is 601 g/mol. The lowest BCUT2D eigenvalue weighted by Crippen LogP contribution is -2.26. The summed E-state index contributed by atoms with van der Waals surface area (Å²) >= 11 is 5.86. The van der Waals surface area contributed by atoms with E-state index in [-0.39, 0.29) is 40.2 Å². The van der Waals surface area contributed by atoms with Crippen LogP contribution in [0.25, 0.3) is 16.9 Å². The lowest BCUT2D eigenvalue weighted by atomic mass is 10.1. The number of benzene rings is 1. The van der Waals surface area contributed by atoms with Crippen molar-refractivity contribution < 1.29 is 26.9 Å². The van der Waals surface area contributed by atoms with Crippen molar-refractivity contribution in [1.82, 2.24) is 40.2 Å². The van der Waals surface area contributed by atoms with Crippen molar-refractivity contribution >= 4 is 29.1 Å². The molecule has 11 nitrogen and oxygen atoms in total. The number of amides is 1. The van der Waals surface area contributed by atoms with Crippen molar-refractivity contribution in [2.75, 3.05) is 11.9 Å². The molecule has 0 radical (unpaired) electrons. The van der Waals surface area contributed by atoms with Crippen LogP contribution in [-0.2, 0) is 12.6 Å². The van der Waals surface area contributed by atoms with Gasteiger partial charge in [0.15, 0.2) is 17.3 Å². The smallest absolute Gasteiger partial charge is 0.351 e. The van der Waals surface area contributed by atoms with E-state index in [4.69, 9.17) is 16.1 Å². The van der Waals surface area contributed by atoms with Crippen LogP contribution in [0.2, 0.25) is 5.02 Å². The van der Waals surface area contributed by atoms with Gasteiger partial charge in [-0.3, -0.25) is 9.78 Å². The molecule has 4 aromatic heterocycles. The highest BCUT2D eigenvalue weighted by Gasteiger charge is 2.35. The SMILES string of the molecule is Cc1noc(CCNC(=O)c2cncc(-c3cnc(Nc4ccc(F)c(Cl)c4)nc3-n3nc(C(F)(F)F)cc3C)c2)n1. The Balaban J connectivity index is 1.48. The van der Waals surface area contributed by atoms with E-state index in [0.717, 1.165) is 16.8 Å². The summed E-state index contributed by atoms with van der Waals surface area (Å²) in [4.78, 5) is 29.7. The van der Waals surface area contributed by atoms with E-state index in [1.54, 1.807) is 6.92 Å². The van der Waals surface area contributed by atoms with Crippen LogP contribution < -0.4 is 10.6 Å². The first-order chi connectivity index (χ1) is 20.0. The highest BCUT2D eigenvalue weighted by Crippen LogP contribution is 2.32. The number of aromatic nitrogens is 7. The van der Waals surface area contributed by atoms with Gasteiger partial charge in [-0.15, -0.1) is 0 Å². The van der Waals surface area contributed by atoms with Crippen LogP contribution in [0.1, 0.15) is 33.5 Å². The van der Waals surface area contributed by atoms with Gasteiger partial charge in [0.1, 0.15) is 5.82 Å². The molecular weight excluding hydrogens is 582 g/mol. The van der Waals surface area contributed by atoms with Crippen LogP contribution in [0.15, 0.2) is 53.4 Å². The molecule has 0 spiro atoms. The summed E-state index contributed by atoms with van der Waals surface area (Å²) in [5, 5.41) is 12.8. The van der Waals surface area contributed by atoms with Crippen molar-refractivity contribution in [3.8, 4) is 16.9 Å². The van der Waals surface area contributed by atoms with Gasteiger partial charge in [-0.25, -0.2) is 14.1 Å². The summed E-state index contributed by atoms with van der Waals surface area (Å²) in [5.74, 6) is -0.302. The molecule has 0 bridgehead atoms. The van der Waals surface area contributed by atoms with Gasteiger partial charge in [0, 0.05) is 54.1 Å². The number of hydrogen-bond donors (Lipinski definition) is 2. The summed E-state index contributed by atoms with van der Waals surface area (Å²) < 4.78 is 60.1. The van der Waals surface area contributed by atoms with Crippen molar-refractivity contribution in [2.45, 2.75) is 26.4 Å². The normalized spacial score (nSPS) is 11.5. The minimum Gasteiger partial charge on any atom is -0.351 e. The Kier molecular flexibility index (Phi) is 7.85. The van der Waals surface area contributed by atoms with Crippen molar-refractivity contribution in [3.63, 3.8) is 0 Å². The molecule has 0 fully saturated rings. The molecule has 0 aliphatic rings. The number of aryl methyl sites for hydroxylation is 2. The van der Waals surface area contributed by atoms with E-state index in [9.17, 15) is 22.4 Å². The second-order valence-corrected chi connectivity index (χ2v) is 9.38. The zero-order valence-corrected chi connectivity index (χ0v) is 22.6. The molecule has 1 aromatic carbocycles. The van der Waals surface area contributed by atoms with E-state index in [2.05, 4.69) is 40.8 Å². The molecule has 1 amide bonds. The Hall–Kier alpha value is -4.92. The minimum absolute atomic E-state index is 0.0279. The molecule has 5 aromatic rings. The first-order valence-corrected chi connectivity index (χ1v) is 12.6. The highest BCUT2D eigenvalue weighted by molar-refractivity contribution is 6.31. The lowest BCUT2D eigenvalue weighted by molar-refractivity contribution is -0.141. The maximum absolute atomic E-state index is 13.6. The molecule has 216 valence electrons. The zero-order valence-electron chi connectivity index (χ0n) is 21.9. The van der Waals surface area contributed by atoms with E-state index in [1.807, 2.05) is 0 Å². The fraction of sp³-hybridized carbons (Fsp3) is 0.192. The molecule has 0 unspecified atom stereocenters. The van der Waals surface area contributed by atoms with Gasteiger partial charge in [-0.1, -0.05) is 16.8 Å². The number of rotatable bonds is 8. The average Bonchev–Trinajstić information content (AvgIpc) is 3.55. The first kappa shape index (κ1) is 28.6. The zero-order chi connectivity index (χ0) is 30.0. The van der Waals surface area contributed by atoms with Crippen molar-refractivity contribution in [1.29, 1.82) is 0 Å². The molecule has 2 N–H and O–H groups in total. The van der Waals surface area contributed by atoms with Crippen LogP contribution in [0, 0.1) is 19.7 Å². The predicted octanol–water partition coefficient (Wildman–Crippen LogP) is 5.25. The number of pyridine rings is 1. The molecule has 42 heavy (non-hydrogen) atoms. The number of carbonyl (C=O) groups excluding carboxylic acids is 1. The van der Waals surface area contributed by atoms with Crippen LogP contribution >= 0.6 is 11.6 Å². The molecule has 0 saturated heterocycles. The number of hydrogen-bond acceptors (Lipinski definition) is 9. The molecule has 4 heterocycles. The summed E-state index contributed by atoms with van der Waals surface area (Å²) in [5.41, 5.74) is 0.107. The quantitative estimate of drug-likeness (QED) is 0.228. The number of halogens is 5. The van der Waals surface area contributed by atoms with E-state index in [1.165, 1.54) is 43.7 Å². The third-order valence-corrected chi connectivity index (χ3v) is 6.12. The van der Waals surface area contributed by atoms with Crippen LogP contribution in [0.5, 0.6) is 0 Å². The Morgan fingerprint density at radius 2 is 1.90 bits per heavy atom. The van der Waals surface area contributed by atoms with Gasteiger partial charge in [-0.2, -0.15) is 28.2 Å². The van der Waals surface area contributed by atoms with Crippen LogP contribution in [0.4, 0.5) is 29.2 Å². The Labute approximate surface area is 240 Å². The van der Waals surface area contributed by atoms with Gasteiger partial charge >= 0.3 is 6.18 Å². The number of nitrogens with one attached hydrogen (secondary N) is 2. The van der Waals surface area contributed by atoms with E-state index < -0.39 is 23.6 Å². The molecule has 0 aliphatic heterocycles. The number of alkyl halides is 3. The average molecular weight is 602 g/mol. The Bertz CT molecular complexity index is 1770. The molecular formula is C26H20ClF4N9O2. The Morgan fingerprint density at radius 1 is 1.10 bits per heavy atom. The number of nitrogens with zero attached hydrogens (tertiary/aromatic N) is 7. The number of anilines is 2. The van der Waals surface area contributed by atoms with Gasteiger partial charge in [0.05, 0.1) is 10.6 Å². The summed E-state index contributed by atoms with van der Waals surface area (Å²) in [7, 11) is 0. The summed E-state index contributed by atoms with van der Waals surface area (Å²) in [6, 6.07) is 6.22. The van der Waals surface area contributed by atoms with Gasteiger partial charge < -0.3 is 15.2 Å². The lowest BCUT2D eigenvalue weighted by Gasteiger charge is -2.13. The standard InChI is InChI=1S/C26H20ClF4N9O2/c1-13-7-21(26(29,30)31)38-40(13)23-18(12-34-25(37-23)36-17-3-4-20(28)19(27)9-17)15-8-16(11-32-10-15)24(41)33-6-5-22-35-14(2)39-42-22/h3-4,7-12H,5-6H2,1-2H3,(H,33,41)(H,34,36,37). The largest absolute Gasteiger partial charge is 0.435 e. The van der Waals surface area contributed by atoms with E-state index in [0.29, 0.717) is 29.4 Å². The molecule has 5 rings (SSSR count). The molecule has 0 atom stereocenters. The summed E-state index contributed by atoms with van der Waals surface area (Å²) in [6.45, 7) is 3.32. The molecule has 0 saturated carbocycles. The Morgan fingerprint density at radius 3 is 2.60 bits per heavy atom. The van der Waals surface area contributed by atoms with Crippen LogP contribution in [-0.4, -0.2) is 47.3 Å². The summed E-state index contributed by atoms with van der Waals surface area (Å²) in [6.07, 6.45) is -0.289. The maximum Gasteiger partial charge on any atom is 0.435 e. The predicted molar refractivity (Wildman–Crippen MR) is 142 cm³/mol. The fourth-order valence-electron chi connectivity index (χ4n) is 3.87. The minimum atomic E-state index is -4.70. The fourth-order valence-corrected chi connectivity index (χ4v) is 4.05. The van der Waals surface area contributed by atoms with Gasteiger partial charge in [0.25, 0.3) is 5.91 Å². The van der Waals surface area contributed by atoms with Gasteiger partial charge in [0.2, 0.25) is 11.8 Å². The highest BCUT2D eigenvalue weighted by atomic mass is 35.5. The van der Waals surface area contributed by atoms with Crippen molar-refractivity contribution in [2.24, 2.45) is 0 Å². The van der Waals surface area contributed by atoms with Crippen molar-refractivity contribution in [3.05, 3.63) is 88.4 Å².